The number of H-pyrrole nitrogens is 1. The van der Waals surface area contributed by atoms with Crippen LogP contribution in [0.4, 0.5) is 5.82 Å². The third kappa shape index (κ3) is 1.84. The van der Waals surface area contributed by atoms with Crippen molar-refractivity contribution < 1.29 is 0 Å². The van der Waals surface area contributed by atoms with Crippen LogP contribution in [0, 0.1) is 6.92 Å². The molecule has 104 valence electrons. The molecule has 0 aromatic carbocycles. The molecule has 3 heterocycles. The van der Waals surface area contributed by atoms with E-state index in [0.29, 0.717) is 11.5 Å². The van der Waals surface area contributed by atoms with E-state index in [2.05, 4.69) is 41.1 Å². The summed E-state index contributed by atoms with van der Waals surface area (Å²) in [6.07, 6.45) is 1.77. The summed E-state index contributed by atoms with van der Waals surface area (Å²) in [5.41, 5.74) is 8.64. The maximum atomic E-state index is 6.00. The third-order valence-electron chi connectivity index (χ3n) is 3.24. The molecule has 3 aromatic rings. The molecule has 0 spiro atoms. The third-order valence-corrected chi connectivity index (χ3v) is 3.24. The van der Waals surface area contributed by atoms with E-state index in [-0.39, 0.29) is 5.41 Å². The fourth-order valence-corrected chi connectivity index (χ4v) is 2.25. The number of rotatable bonds is 1. The number of pyridine rings is 1. The molecular formula is C14H18N6. The van der Waals surface area contributed by atoms with Gasteiger partial charge in [0.2, 0.25) is 0 Å². The molecule has 6 nitrogen and oxygen atoms in total. The van der Waals surface area contributed by atoms with Crippen LogP contribution in [0.3, 0.4) is 0 Å². The van der Waals surface area contributed by atoms with Gasteiger partial charge in [0.25, 0.3) is 0 Å². The summed E-state index contributed by atoms with van der Waals surface area (Å²) in [5, 5.41) is 12.7. The van der Waals surface area contributed by atoms with Gasteiger partial charge in [0.05, 0.1) is 11.1 Å². The molecule has 20 heavy (non-hydrogen) atoms. The number of hydrogen-bond donors (Lipinski definition) is 2. The molecule has 3 aromatic heterocycles. The van der Waals surface area contributed by atoms with Gasteiger partial charge in [-0.1, -0.05) is 20.8 Å². The van der Waals surface area contributed by atoms with Crippen LogP contribution >= 0.6 is 0 Å². The van der Waals surface area contributed by atoms with Gasteiger partial charge in [-0.15, -0.1) is 0 Å². The highest BCUT2D eigenvalue weighted by molar-refractivity contribution is 5.90. The van der Waals surface area contributed by atoms with Gasteiger partial charge in [-0.05, 0) is 24.6 Å². The Morgan fingerprint density at radius 3 is 2.70 bits per heavy atom. The smallest absolute Gasteiger partial charge is 0.188 e. The highest BCUT2D eigenvalue weighted by Crippen LogP contribution is 2.32. The number of nitrogens with two attached hydrogens (primary N) is 1. The van der Waals surface area contributed by atoms with E-state index in [0.717, 1.165) is 22.5 Å². The fourth-order valence-electron chi connectivity index (χ4n) is 2.25. The van der Waals surface area contributed by atoms with Gasteiger partial charge in [-0.2, -0.15) is 14.9 Å². The molecule has 0 bridgehead atoms. The summed E-state index contributed by atoms with van der Waals surface area (Å²) in [6.45, 7) is 8.34. The zero-order valence-corrected chi connectivity index (χ0v) is 12.1. The quantitative estimate of drug-likeness (QED) is 0.710. The van der Waals surface area contributed by atoms with E-state index in [1.165, 1.54) is 0 Å². The van der Waals surface area contributed by atoms with E-state index >= 15 is 0 Å². The number of nitrogens with zero attached hydrogens (tertiary/aromatic N) is 4. The van der Waals surface area contributed by atoms with Crippen molar-refractivity contribution in [1.29, 1.82) is 0 Å². The maximum Gasteiger partial charge on any atom is 0.188 e. The van der Waals surface area contributed by atoms with Crippen molar-refractivity contribution in [3.8, 4) is 5.82 Å². The molecule has 0 aliphatic rings. The predicted octanol–water partition coefficient (Wildman–Crippen LogP) is 2.33. The van der Waals surface area contributed by atoms with Crippen molar-refractivity contribution in [2.75, 3.05) is 5.73 Å². The molecule has 0 saturated carbocycles. The minimum absolute atomic E-state index is 0.120. The largest absolute Gasteiger partial charge is 0.383 e. The Morgan fingerprint density at radius 1 is 1.30 bits per heavy atom. The van der Waals surface area contributed by atoms with E-state index in [4.69, 9.17) is 5.73 Å². The summed E-state index contributed by atoms with van der Waals surface area (Å²) < 4.78 is 1.75. The number of anilines is 1. The van der Waals surface area contributed by atoms with E-state index < -0.39 is 0 Å². The minimum Gasteiger partial charge on any atom is -0.383 e. The fraction of sp³-hybridized carbons (Fsp3) is 0.357. The van der Waals surface area contributed by atoms with E-state index in [9.17, 15) is 0 Å². The molecule has 3 rings (SSSR count). The average molecular weight is 270 g/mol. The topological polar surface area (TPSA) is 85.4 Å². The molecule has 0 amide bonds. The summed E-state index contributed by atoms with van der Waals surface area (Å²) in [7, 11) is 0. The first-order chi connectivity index (χ1) is 9.38. The number of nitrogen functional groups attached to an aromatic ring is 1. The monoisotopic (exact) mass is 270 g/mol. The van der Waals surface area contributed by atoms with Crippen LogP contribution < -0.4 is 5.73 Å². The zero-order chi connectivity index (χ0) is 14.5. The van der Waals surface area contributed by atoms with Crippen molar-refractivity contribution in [3.05, 3.63) is 29.6 Å². The summed E-state index contributed by atoms with van der Waals surface area (Å²) in [5.74, 6) is 1.29. The maximum absolute atomic E-state index is 6.00. The van der Waals surface area contributed by atoms with Gasteiger partial charge in [-0.3, -0.25) is 5.10 Å². The molecule has 0 saturated heterocycles. The van der Waals surface area contributed by atoms with Crippen molar-refractivity contribution in [1.82, 2.24) is 25.0 Å². The molecule has 6 heteroatoms. The molecule has 0 atom stereocenters. The predicted molar refractivity (Wildman–Crippen MR) is 78.9 cm³/mol. The normalized spacial score (nSPS) is 12.2. The van der Waals surface area contributed by atoms with Crippen molar-refractivity contribution in [2.45, 2.75) is 33.1 Å². The number of aromatic amines is 1. The Balaban J connectivity index is 2.33. The second kappa shape index (κ2) is 4.06. The standard InChI is InChI=1S/C14H18N6/c1-8-5-6-16-9(7-8)20-13-10(12(15)17-18-13)11(19-20)14(2,3)4/h5-7H,1-4H3,(H3,15,17,18). The van der Waals surface area contributed by atoms with Crippen molar-refractivity contribution >= 4 is 16.9 Å². The molecule has 0 fully saturated rings. The summed E-state index contributed by atoms with van der Waals surface area (Å²) >= 11 is 0. The van der Waals surface area contributed by atoms with Crippen LogP contribution in [-0.4, -0.2) is 25.0 Å². The second-order valence-electron chi connectivity index (χ2n) is 6.04. The molecule has 0 unspecified atom stereocenters. The zero-order valence-electron chi connectivity index (χ0n) is 12.1. The Hall–Kier alpha value is -2.37. The molecular weight excluding hydrogens is 252 g/mol. The summed E-state index contributed by atoms with van der Waals surface area (Å²) in [6, 6.07) is 3.93. The average Bonchev–Trinajstić information content (AvgIpc) is 2.90. The second-order valence-corrected chi connectivity index (χ2v) is 6.04. The van der Waals surface area contributed by atoms with Gasteiger partial charge in [0.1, 0.15) is 5.82 Å². The lowest BCUT2D eigenvalue weighted by Gasteiger charge is -2.15. The molecule has 0 aliphatic carbocycles. The lowest BCUT2D eigenvalue weighted by Crippen LogP contribution is -2.14. The first kappa shape index (κ1) is 12.7. The van der Waals surface area contributed by atoms with Crippen LogP contribution in [-0.2, 0) is 5.41 Å². The van der Waals surface area contributed by atoms with Crippen molar-refractivity contribution in [2.24, 2.45) is 0 Å². The Morgan fingerprint density at radius 2 is 2.05 bits per heavy atom. The molecule has 3 N–H and O–H groups in total. The van der Waals surface area contributed by atoms with Crippen LogP contribution in [0.5, 0.6) is 0 Å². The van der Waals surface area contributed by atoms with Crippen LogP contribution in [0.1, 0.15) is 32.0 Å². The number of fused-ring (bicyclic) bond motifs is 1. The van der Waals surface area contributed by atoms with E-state index in [1.807, 2.05) is 19.1 Å². The van der Waals surface area contributed by atoms with Crippen molar-refractivity contribution in [3.63, 3.8) is 0 Å². The van der Waals surface area contributed by atoms with Gasteiger partial charge in [0, 0.05) is 11.6 Å². The van der Waals surface area contributed by atoms with Gasteiger partial charge in [-0.25, -0.2) is 4.98 Å². The SMILES string of the molecule is Cc1ccnc(-n2nc(C(C)(C)C)c3c(N)[nH]nc32)c1. The molecule has 0 radical (unpaired) electrons. The first-order valence-electron chi connectivity index (χ1n) is 6.54. The van der Waals surface area contributed by atoms with Gasteiger partial charge >= 0.3 is 0 Å². The van der Waals surface area contributed by atoms with Crippen LogP contribution in [0.25, 0.3) is 16.9 Å². The number of nitrogens with one attached hydrogen (secondary N) is 1. The van der Waals surface area contributed by atoms with Gasteiger partial charge in [0.15, 0.2) is 11.5 Å². The lowest BCUT2D eigenvalue weighted by molar-refractivity contribution is 0.563. The first-order valence-corrected chi connectivity index (χ1v) is 6.54. The lowest BCUT2D eigenvalue weighted by atomic mass is 9.91. The Bertz CT molecular complexity index is 775. The minimum atomic E-state index is -0.120. The van der Waals surface area contributed by atoms with Gasteiger partial charge < -0.3 is 5.73 Å². The number of aromatic nitrogens is 5. The van der Waals surface area contributed by atoms with Crippen LogP contribution in [0.15, 0.2) is 18.3 Å². The highest BCUT2D eigenvalue weighted by Gasteiger charge is 2.26. The highest BCUT2D eigenvalue weighted by atomic mass is 15.4. The Labute approximate surface area is 117 Å². The number of hydrogen-bond acceptors (Lipinski definition) is 4. The molecule has 0 aliphatic heterocycles. The summed E-state index contributed by atoms with van der Waals surface area (Å²) in [4.78, 5) is 4.37. The van der Waals surface area contributed by atoms with E-state index in [1.54, 1.807) is 10.9 Å². The van der Waals surface area contributed by atoms with Crippen LogP contribution in [0.2, 0.25) is 0 Å². The Kier molecular flexibility index (Phi) is 2.57. The number of aryl methyl sites for hydroxylation is 1.